The Kier molecular flexibility index (Phi) is 4.04. The Bertz CT molecular complexity index is 553. The minimum absolute atomic E-state index is 0.00388. The van der Waals surface area contributed by atoms with Crippen LogP contribution in [0.1, 0.15) is 5.56 Å². The van der Waals surface area contributed by atoms with Crippen molar-refractivity contribution in [2.45, 2.75) is 11.8 Å². The summed E-state index contributed by atoms with van der Waals surface area (Å²) in [6.45, 7) is 1.70. The molecular formula is C11H13ClN2O2S. The summed E-state index contributed by atoms with van der Waals surface area (Å²) in [4.78, 5) is 0.0923. The molecule has 2 N–H and O–H groups in total. The number of nitrogen functional groups attached to an aromatic ring is 1. The minimum atomic E-state index is -3.61. The van der Waals surface area contributed by atoms with E-state index in [9.17, 15) is 8.42 Å². The Morgan fingerprint density at radius 2 is 2.12 bits per heavy atom. The van der Waals surface area contributed by atoms with E-state index in [4.69, 9.17) is 23.8 Å². The maximum Gasteiger partial charge on any atom is 0.243 e. The molecule has 0 aliphatic rings. The lowest BCUT2D eigenvalue weighted by molar-refractivity contribution is 0.503. The first kappa shape index (κ1) is 13.8. The van der Waals surface area contributed by atoms with Gasteiger partial charge in [-0.3, -0.25) is 0 Å². The first-order valence-corrected chi connectivity index (χ1v) is 6.58. The largest absolute Gasteiger partial charge is 0.397 e. The number of aryl methyl sites for hydroxylation is 1. The lowest BCUT2D eigenvalue weighted by Gasteiger charge is -2.15. The van der Waals surface area contributed by atoms with E-state index in [0.717, 1.165) is 4.31 Å². The van der Waals surface area contributed by atoms with Crippen LogP contribution in [0.5, 0.6) is 0 Å². The molecule has 0 radical (unpaired) electrons. The van der Waals surface area contributed by atoms with Gasteiger partial charge in [-0.2, -0.15) is 4.31 Å². The molecule has 4 nitrogen and oxygen atoms in total. The van der Waals surface area contributed by atoms with Crippen LogP contribution in [0.2, 0.25) is 5.02 Å². The molecule has 0 amide bonds. The monoisotopic (exact) mass is 272 g/mol. The summed E-state index contributed by atoms with van der Waals surface area (Å²) in [5, 5.41) is 0.364. The summed E-state index contributed by atoms with van der Waals surface area (Å²) >= 11 is 5.87. The maximum atomic E-state index is 12.1. The molecule has 0 heterocycles. The van der Waals surface area contributed by atoms with Gasteiger partial charge in [-0.1, -0.05) is 17.5 Å². The molecule has 0 fully saturated rings. The van der Waals surface area contributed by atoms with E-state index < -0.39 is 10.0 Å². The Hall–Kier alpha value is -1.22. The van der Waals surface area contributed by atoms with Gasteiger partial charge in [-0.15, -0.1) is 6.42 Å². The van der Waals surface area contributed by atoms with Gasteiger partial charge in [0.05, 0.1) is 22.2 Å². The van der Waals surface area contributed by atoms with Crippen LogP contribution < -0.4 is 5.73 Å². The van der Waals surface area contributed by atoms with Crippen LogP contribution in [0.15, 0.2) is 17.0 Å². The normalized spacial score (nSPS) is 11.5. The highest BCUT2D eigenvalue weighted by molar-refractivity contribution is 7.89. The fraction of sp³-hybridized carbons (Fsp3) is 0.273. The summed E-state index contributed by atoms with van der Waals surface area (Å²) < 4.78 is 25.2. The summed E-state index contributed by atoms with van der Waals surface area (Å²) in [5.74, 6) is 2.27. The number of nitrogens with two attached hydrogens (primary N) is 1. The molecule has 0 aliphatic carbocycles. The quantitative estimate of drug-likeness (QED) is 0.670. The molecule has 1 rings (SSSR count). The van der Waals surface area contributed by atoms with E-state index in [1.54, 1.807) is 6.92 Å². The highest BCUT2D eigenvalue weighted by Crippen LogP contribution is 2.27. The maximum absolute atomic E-state index is 12.1. The molecule has 1 aromatic rings. The smallest absolute Gasteiger partial charge is 0.243 e. The van der Waals surface area contributed by atoms with Gasteiger partial charge >= 0.3 is 0 Å². The Morgan fingerprint density at radius 1 is 1.53 bits per heavy atom. The molecular weight excluding hydrogens is 260 g/mol. The van der Waals surface area contributed by atoms with Crippen LogP contribution in [0.4, 0.5) is 5.69 Å². The van der Waals surface area contributed by atoms with Crippen LogP contribution in [0.25, 0.3) is 0 Å². The number of terminal acetylenes is 1. The molecule has 92 valence electrons. The minimum Gasteiger partial charge on any atom is -0.397 e. The van der Waals surface area contributed by atoms with Crippen LogP contribution in [-0.4, -0.2) is 26.3 Å². The SMILES string of the molecule is C#CCN(C)S(=O)(=O)c1cc(C)c(Cl)c(N)c1. The summed E-state index contributed by atoms with van der Waals surface area (Å²) in [7, 11) is -2.20. The molecule has 6 heteroatoms. The summed E-state index contributed by atoms with van der Waals surface area (Å²) in [5.41, 5.74) is 6.48. The van der Waals surface area contributed by atoms with E-state index in [1.165, 1.54) is 19.2 Å². The van der Waals surface area contributed by atoms with Gasteiger partial charge < -0.3 is 5.73 Å². The van der Waals surface area contributed by atoms with Crippen molar-refractivity contribution in [2.75, 3.05) is 19.3 Å². The molecule has 0 atom stereocenters. The number of rotatable bonds is 3. The van der Waals surface area contributed by atoms with E-state index in [0.29, 0.717) is 10.6 Å². The van der Waals surface area contributed by atoms with Crippen molar-refractivity contribution in [3.8, 4) is 12.3 Å². The van der Waals surface area contributed by atoms with Crippen LogP contribution in [0, 0.1) is 19.3 Å². The number of sulfonamides is 1. The first-order valence-electron chi connectivity index (χ1n) is 4.76. The zero-order chi connectivity index (χ0) is 13.2. The topological polar surface area (TPSA) is 63.4 Å². The Balaban J connectivity index is 3.31. The predicted octanol–water partition coefficient (Wildman–Crippen LogP) is 1.48. The Morgan fingerprint density at radius 3 is 2.59 bits per heavy atom. The molecule has 1 aromatic carbocycles. The van der Waals surface area contributed by atoms with Crippen molar-refractivity contribution >= 4 is 27.3 Å². The Labute approximate surface area is 106 Å². The second kappa shape index (κ2) is 4.96. The van der Waals surface area contributed by atoms with Crippen molar-refractivity contribution in [3.63, 3.8) is 0 Å². The number of anilines is 1. The van der Waals surface area contributed by atoms with Crippen molar-refractivity contribution in [3.05, 3.63) is 22.7 Å². The molecule has 0 bridgehead atoms. The van der Waals surface area contributed by atoms with Gasteiger partial charge in [0, 0.05) is 7.05 Å². The molecule has 17 heavy (non-hydrogen) atoms. The third-order valence-electron chi connectivity index (χ3n) is 2.28. The van der Waals surface area contributed by atoms with Gasteiger partial charge in [-0.05, 0) is 24.6 Å². The number of halogens is 1. The molecule has 0 aliphatic heterocycles. The highest BCUT2D eigenvalue weighted by atomic mass is 35.5. The third-order valence-corrected chi connectivity index (χ3v) is 4.58. The van der Waals surface area contributed by atoms with E-state index in [2.05, 4.69) is 5.92 Å². The zero-order valence-electron chi connectivity index (χ0n) is 9.57. The second-order valence-electron chi connectivity index (χ2n) is 3.61. The average Bonchev–Trinajstić information content (AvgIpc) is 2.25. The predicted molar refractivity (Wildman–Crippen MR) is 69.3 cm³/mol. The highest BCUT2D eigenvalue weighted by Gasteiger charge is 2.21. The number of hydrogen-bond donors (Lipinski definition) is 1. The molecule has 0 saturated carbocycles. The zero-order valence-corrected chi connectivity index (χ0v) is 11.1. The standard InChI is InChI=1S/C11H13ClN2O2S/c1-4-5-14(3)17(15,16)9-6-8(2)11(12)10(13)7-9/h1,6-7H,5,13H2,2-3H3. The van der Waals surface area contributed by atoms with Gasteiger partial charge in [0.2, 0.25) is 10.0 Å². The lowest BCUT2D eigenvalue weighted by atomic mass is 10.2. The van der Waals surface area contributed by atoms with Gasteiger partial charge in [-0.25, -0.2) is 8.42 Å². The van der Waals surface area contributed by atoms with Crippen molar-refractivity contribution < 1.29 is 8.42 Å². The number of nitrogens with zero attached hydrogens (tertiary/aromatic N) is 1. The number of benzene rings is 1. The van der Waals surface area contributed by atoms with Crippen molar-refractivity contribution in [1.82, 2.24) is 4.31 Å². The molecule has 0 spiro atoms. The van der Waals surface area contributed by atoms with Crippen LogP contribution >= 0.6 is 11.6 Å². The summed E-state index contributed by atoms with van der Waals surface area (Å²) in [6, 6.07) is 2.80. The van der Waals surface area contributed by atoms with E-state index in [1.807, 2.05) is 0 Å². The van der Waals surface area contributed by atoms with E-state index in [-0.39, 0.29) is 17.1 Å². The van der Waals surface area contributed by atoms with E-state index >= 15 is 0 Å². The molecule has 0 unspecified atom stereocenters. The van der Waals surface area contributed by atoms with Gasteiger partial charge in [0.15, 0.2) is 0 Å². The second-order valence-corrected chi connectivity index (χ2v) is 6.03. The lowest BCUT2D eigenvalue weighted by Crippen LogP contribution is -2.27. The molecule has 0 saturated heterocycles. The fourth-order valence-corrected chi connectivity index (χ4v) is 2.62. The van der Waals surface area contributed by atoms with Crippen LogP contribution in [0.3, 0.4) is 0 Å². The average molecular weight is 273 g/mol. The summed E-state index contributed by atoms with van der Waals surface area (Å²) in [6.07, 6.45) is 5.09. The fourth-order valence-electron chi connectivity index (χ4n) is 1.31. The van der Waals surface area contributed by atoms with Crippen molar-refractivity contribution in [2.24, 2.45) is 0 Å². The third kappa shape index (κ3) is 2.72. The van der Waals surface area contributed by atoms with Crippen LogP contribution in [-0.2, 0) is 10.0 Å². The van der Waals surface area contributed by atoms with Crippen molar-refractivity contribution in [1.29, 1.82) is 0 Å². The first-order chi connectivity index (χ1) is 7.80. The number of hydrogen-bond acceptors (Lipinski definition) is 3. The van der Waals surface area contributed by atoms with Gasteiger partial charge in [0.1, 0.15) is 0 Å². The molecule has 0 aromatic heterocycles. The van der Waals surface area contributed by atoms with Gasteiger partial charge in [0.25, 0.3) is 0 Å².